The summed E-state index contributed by atoms with van der Waals surface area (Å²) in [7, 11) is 0. The Morgan fingerprint density at radius 2 is 1.62 bits per heavy atom. The van der Waals surface area contributed by atoms with Crippen LogP contribution in [0.4, 0.5) is 5.69 Å². The van der Waals surface area contributed by atoms with Gasteiger partial charge in [-0.05, 0) is 52.7 Å². The number of hydrogen-bond donors (Lipinski definition) is 1. The van der Waals surface area contributed by atoms with Crippen molar-refractivity contribution in [2.45, 2.75) is 6.92 Å². The predicted octanol–water partition coefficient (Wildman–Crippen LogP) is 6.86. The average Bonchev–Trinajstić information content (AvgIpc) is 2.64. The van der Waals surface area contributed by atoms with Crippen LogP contribution in [0.15, 0.2) is 87.8 Å². The summed E-state index contributed by atoms with van der Waals surface area (Å²) in [4.78, 5) is 12.7. The van der Waals surface area contributed by atoms with E-state index in [2.05, 4.69) is 43.2 Å². The standard InChI is InChI=1S/C22H17Br2NO/c1-15-6-5-9-17(12-15)21(14-22(26)16-7-3-2-4-8-16)25-20-11-10-18(23)13-19(20)24/h2-14,25H,1H3/b21-14-. The molecule has 4 heteroatoms. The van der Waals surface area contributed by atoms with E-state index in [0.717, 1.165) is 31.5 Å². The van der Waals surface area contributed by atoms with Crippen LogP contribution in [0.25, 0.3) is 5.70 Å². The lowest BCUT2D eigenvalue weighted by Gasteiger charge is -2.14. The topological polar surface area (TPSA) is 29.1 Å². The molecule has 0 saturated carbocycles. The third kappa shape index (κ3) is 4.71. The summed E-state index contributed by atoms with van der Waals surface area (Å²) in [6.07, 6.45) is 1.65. The summed E-state index contributed by atoms with van der Waals surface area (Å²) in [5, 5.41) is 3.39. The van der Waals surface area contributed by atoms with Crippen LogP contribution in [-0.4, -0.2) is 5.78 Å². The van der Waals surface area contributed by atoms with Gasteiger partial charge in [0.2, 0.25) is 0 Å². The highest BCUT2D eigenvalue weighted by molar-refractivity contribution is 9.11. The molecule has 0 bridgehead atoms. The zero-order chi connectivity index (χ0) is 18.5. The molecule has 3 rings (SSSR count). The van der Waals surface area contributed by atoms with E-state index < -0.39 is 0 Å². The highest BCUT2D eigenvalue weighted by Gasteiger charge is 2.10. The first-order valence-corrected chi connectivity index (χ1v) is 9.72. The number of ketones is 1. The van der Waals surface area contributed by atoms with Crippen LogP contribution >= 0.6 is 31.9 Å². The van der Waals surface area contributed by atoms with Crippen molar-refractivity contribution >= 4 is 49.0 Å². The molecule has 0 atom stereocenters. The van der Waals surface area contributed by atoms with Crippen LogP contribution in [-0.2, 0) is 0 Å². The molecule has 0 unspecified atom stereocenters. The van der Waals surface area contributed by atoms with E-state index in [-0.39, 0.29) is 5.78 Å². The van der Waals surface area contributed by atoms with Gasteiger partial charge < -0.3 is 5.32 Å². The lowest BCUT2D eigenvalue weighted by molar-refractivity contribution is 0.104. The van der Waals surface area contributed by atoms with E-state index in [1.165, 1.54) is 0 Å². The van der Waals surface area contributed by atoms with Gasteiger partial charge in [-0.25, -0.2) is 0 Å². The number of allylic oxidation sites excluding steroid dienone is 1. The first-order valence-electron chi connectivity index (χ1n) is 8.13. The van der Waals surface area contributed by atoms with Crippen molar-refractivity contribution in [3.05, 3.63) is 105 Å². The van der Waals surface area contributed by atoms with Gasteiger partial charge in [-0.1, -0.05) is 70.0 Å². The monoisotopic (exact) mass is 469 g/mol. The van der Waals surface area contributed by atoms with Gasteiger partial charge in [0, 0.05) is 26.3 Å². The van der Waals surface area contributed by atoms with Crippen LogP contribution in [0.3, 0.4) is 0 Å². The van der Waals surface area contributed by atoms with Gasteiger partial charge in [0.05, 0.1) is 5.69 Å². The quantitative estimate of drug-likeness (QED) is 0.326. The molecule has 0 saturated heterocycles. The Bertz CT molecular complexity index is 965. The smallest absolute Gasteiger partial charge is 0.187 e. The summed E-state index contributed by atoms with van der Waals surface area (Å²) in [6, 6.07) is 23.3. The van der Waals surface area contributed by atoms with Gasteiger partial charge in [0.25, 0.3) is 0 Å². The Balaban J connectivity index is 2.01. The third-order valence-corrected chi connectivity index (χ3v) is 5.01. The zero-order valence-electron chi connectivity index (χ0n) is 14.2. The maximum Gasteiger partial charge on any atom is 0.187 e. The summed E-state index contributed by atoms with van der Waals surface area (Å²) in [5.74, 6) is -0.0390. The molecule has 3 aromatic carbocycles. The number of benzene rings is 3. The van der Waals surface area contributed by atoms with Gasteiger partial charge in [0.15, 0.2) is 5.78 Å². The second kappa shape index (κ2) is 8.47. The molecule has 0 aliphatic rings. The number of anilines is 1. The SMILES string of the molecule is Cc1cccc(/C(=C/C(=O)c2ccccc2)Nc2ccc(Br)cc2Br)c1. The zero-order valence-corrected chi connectivity index (χ0v) is 17.3. The Kier molecular flexibility index (Phi) is 6.07. The van der Waals surface area contributed by atoms with Crippen molar-refractivity contribution < 1.29 is 4.79 Å². The van der Waals surface area contributed by atoms with E-state index in [4.69, 9.17) is 0 Å². The fraction of sp³-hybridized carbons (Fsp3) is 0.0455. The molecule has 1 N–H and O–H groups in total. The molecule has 0 aliphatic carbocycles. The molecule has 0 fully saturated rings. The van der Waals surface area contributed by atoms with Crippen molar-refractivity contribution in [2.75, 3.05) is 5.32 Å². The Morgan fingerprint density at radius 1 is 0.885 bits per heavy atom. The number of aryl methyl sites for hydroxylation is 1. The number of carbonyl (C=O) groups is 1. The predicted molar refractivity (Wildman–Crippen MR) is 115 cm³/mol. The van der Waals surface area contributed by atoms with E-state index in [1.54, 1.807) is 6.08 Å². The number of halogens is 2. The van der Waals surface area contributed by atoms with E-state index in [9.17, 15) is 4.79 Å². The van der Waals surface area contributed by atoms with Crippen LogP contribution in [0.2, 0.25) is 0 Å². The van der Waals surface area contributed by atoms with Crippen LogP contribution < -0.4 is 5.32 Å². The molecule has 0 aromatic heterocycles. The minimum Gasteiger partial charge on any atom is -0.354 e. The van der Waals surface area contributed by atoms with Crippen LogP contribution in [0, 0.1) is 6.92 Å². The molecule has 0 radical (unpaired) electrons. The van der Waals surface area contributed by atoms with Gasteiger partial charge in [-0.3, -0.25) is 4.79 Å². The second-order valence-electron chi connectivity index (χ2n) is 5.91. The normalized spacial score (nSPS) is 11.3. The highest BCUT2D eigenvalue weighted by atomic mass is 79.9. The number of rotatable bonds is 5. The lowest BCUT2D eigenvalue weighted by Crippen LogP contribution is -2.04. The molecule has 2 nitrogen and oxygen atoms in total. The third-order valence-electron chi connectivity index (χ3n) is 3.86. The molecule has 0 heterocycles. The maximum atomic E-state index is 12.7. The first-order chi connectivity index (χ1) is 12.5. The van der Waals surface area contributed by atoms with E-state index in [0.29, 0.717) is 5.56 Å². The van der Waals surface area contributed by atoms with Crippen molar-refractivity contribution in [2.24, 2.45) is 0 Å². The molecule has 130 valence electrons. The molecule has 26 heavy (non-hydrogen) atoms. The Labute approximate surface area is 170 Å². The minimum absolute atomic E-state index is 0.0390. The van der Waals surface area contributed by atoms with Gasteiger partial charge in [-0.2, -0.15) is 0 Å². The van der Waals surface area contributed by atoms with Crippen molar-refractivity contribution in [1.29, 1.82) is 0 Å². The van der Waals surface area contributed by atoms with Crippen LogP contribution in [0.1, 0.15) is 21.5 Å². The number of nitrogens with one attached hydrogen (secondary N) is 1. The second-order valence-corrected chi connectivity index (χ2v) is 7.68. The Morgan fingerprint density at radius 3 is 2.31 bits per heavy atom. The van der Waals surface area contributed by atoms with Crippen molar-refractivity contribution in [3.8, 4) is 0 Å². The molecule has 0 spiro atoms. The maximum absolute atomic E-state index is 12.7. The molecule has 3 aromatic rings. The summed E-state index contributed by atoms with van der Waals surface area (Å²) in [5.41, 5.74) is 4.41. The fourth-order valence-corrected chi connectivity index (χ4v) is 3.70. The number of carbonyl (C=O) groups excluding carboxylic acids is 1. The van der Waals surface area contributed by atoms with Gasteiger partial charge >= 0.3 is 0 Å². The molecule has 0 aliphatic heterocycles. The van der Waals surface area contributed by atoms with Gasteiger partial charge in [0.1, 0.15) is 0 Å². The number of hydrogen-bond acceptors (Lipinski definition) is 2. The largest absolute Gasteiger partial charge is 0.354 e. The molecular formula is C22H17Br2NO. The lowest BCUT2D eigenvalue weighted by atomic mass is 10.0. The van der Waals surface area contributed by atoms with E-state index in [1.807, 2.05) is 73.7 Å². The van der Waals surface area contributed by atoms with Crippen molar-refractivity contribution in [1.82, 2.24) is 0 Å². The van der Waals surface area contributed by atoms with Crippen molar-refractivity contribution in [3.63, 3.8) is 0 Å². The summed E-state index contributed by atoms with van der Waals surface area (Å²) < 4.78 is 1.90. The average molecular weight is 471 g/mol. The van der Waals surface area contributed by atoms with Gasteiger partial charge in [-0.15, -0.1) is 0 Å². The molecule has 0 amide bonds. The summed E-state index contributed by atoms with van der Waals surface area (Å²) in [6.45, 7) is 2.04. The van der Waals surface area contributed by atoms with E-state index >= 15 is 0 Å². The summed E-state index contributed by atoms with van der Waals surface area (Å²) >= 11 is 7.03. The molecular weight excluding hydrogens is 454 g/mol. The highest BCUT2D eigenvalue weighted by Crippen LogP contribution is 2.29. The van der Waals surface area contributed by atoms with Crippen LogP contribution in [0.5, 0.6) is 0 Å². The fourth-order valence-electron chi connectivity index (χ4n) is 2.56. The first kappa shape index (κ1) is 18.6. The Hall–Kier alpha value is -2.17. The minimum atomic E-state index is -0.0390.